The number of rotatable bonds is 4. The molecule has 21 heavy (non-hydrogen) atoms. The number of furan rings is 1. The summed E-state index contributed by atoms with van der Waals surface area (Å²) in [5, 5.41) is 17.7. The van der Waals surface area contributed by atoms with Crippen LogP contribution in [-0.2, 0) is 5.75 Å². The van der Waals surface area contributed by atoms with Crippen LogP contribution in [0.3, 0.4) is 0 Å². The highest BCUT2D eigenvalue weighted by Crippen LogP contribution is 2.25. The summed E-state index contributed by atoms with van der Waals surface area (Å²) in [6.45, 7) is 0. The van der Waals surface area contributed by atoms with Crippen molar-refractivity contribution in [2.24, 2.45) is 0 Å². The van der Waals surface area contributed by atoms with Crippen LogP contribution >= 0.6 is 11.8 Å². The minimum absolute atomic E-state index is 0.469. The quantitative estimate of drug-likeness (QED) is 0.587. The molecule has 0 bridgehead atoms. The number of benzene rings is 1. The van der Waals surface area contributed by atoms with Crippen LogP contribution in [-0.4, -0.2) is 14.9 Å². The van der Waals surface area contributed by atoms with Crippen LogP contribution in [0.1, 0.15) is 11.1 Å². The second kappa shape index (κ2) is 5.73. The van der Waals surface area contributed by atoms with Crippen molar-refractivity contribution in [3.05, 3.63) is 53.8 Å². The number of nitrogen functional groups attached to an aromatic ring is 1. The second-order valence-electron chi connectivity index (χ2n) is 4.21. The van der Waals surface area contributed by atoms with Crippen LogP contribution in [0.2, 0.25) is 0 Å². The molecule has 0 aliphatic rings. The van der Waals surface area contributed by atoms with Gasteiger partial charge in [-0.25, -0.2) is 4.68 Å². The molecule has 0 radical (unpaired) electrons. The van der Waals surface area contributed by atoms with E-state index in [4.69, 9.17) is 15.5 Å². The molecule has 0 aliphatic heterocycles. The largest absolute Gasteiger partial charge is 0.461 e. The zero-order valence-electron chi connectivity index (χ0n) is 10.9. The van der Waals surface area contributed by atoms with Gasteiger partial charge in [-0.1, -0.05) is 30.0 Å². The molecule has 6 nitrogen and oxygen atoms in total. The molecule has 104 valence electrons. The number of nitriles is 1. The molecule has 2 aromatic heterocycles. The van der Waals surface area contributed by atoms with Crippen LogP contribution in [0.15, 0.2) is 52.2 Å². The van der Waals surface area contributed by atoms with E-state index in [1.807, 2.05) is 18.2 Å². The molecular weight excluding hydrogens is 286 g/mol. The van der Waals surface area contributed by atoms with E-state index in [-0.39, 0.29) is 0 Å². The summed E-state index contributed by atoms with van der Waals surface area (Å²) in [7, 11) is 0. The van der Waals surface area contributed by atoms with Gasteiger partial charge in [0.05, 0.1) is 17.9 Å². The van der Waals surface area contributed by atoms with Crippen LogP contribution < -0.4 is 5.84 Å². The summed E-state index contributed by atoms with van der Waals surface area (Å²) < 4.78 is 6.64. The smallest absolute Gasteiger partial charge is 0.218 e. The van der Waals surface area contributed by atoms with Gasteiger partial charge in [0.15, 0.2) is 5.76 Å². The molecule has 7 heteroatoms. The van der Waals surface area contributed by atoms with Gasteiger partial charge in [-0.05, 0) is 23.8 Å². The standard InChI is InChI=1S/C14H11N5OS/c15-8-10-4-1-2-5-11(10)9-21-14-18-17-13(19(14)16)12-6-3-7-20-12/h1-7H,9,16H2. The predicted molar refractivity (Wildman–Crippen MR) is 78.6 cm³/mol. The number of hydrogen-bond acceptors (Lipinski definition) is 6. The monoisotopic (exact) mass is 297 g/mol. The normalized spacial score (nSPS) is 10.4. The Morgan fingerprint density at radius 2 is 2.10 bits per heavy atom. The maximum atomic E-state index is 9.07. The third-order valence-electron chi connectivity index (χ3n) is 2.90. The van der Waals surface area contributed by atoms with Crippen LogP contribution in [0.4, 0.5) is 0 Å². The van der Waals surface area contributed by atoms with Crippen molar-refractivity contribution in [2.75, 3.05) is 5.84 Å². The summed E-state index contributed by atoms with van der Waals surface area (Å²) in [4.78, 5) is 0. The Kier molecular flexibility index (Phi) is 3.62. The molecule has 3 rings (SSSR count). The highest BCUT2D eigenvalue weighted by molar-refractivity contribution is 7.98. The average Bonchev–Trinajstić information content (AvgIpc) is 3.15. The molecular formula is C14H11N5OS. The lowest BCUT2D eigenvalue weighted by Crippen LogP contribution is -2.11. The van der Waals surface area contributed by atoms with Gasteiger partial charge in [-0.15, -0.1) is 10.2 Å². The molecule has 0 aliphatic carbocycles. The maximum Gasteiger partial charge on any atom is 0.218 e. The summed E-state index contributed by atoms with van der Waals surface area (Å²) in [5.74, 6) is 7.60. The van der Waals surface area contributed by atoms with E-state index < -0.39 is 0 Å². The number of thioether (sulfide) groups is 1. The van der Waals surface area contributed by atoms with Crippen molar-refractivity contribution < 1.29 is 4.42 Å². The zero-order valence-corrected chi connectivity index (χ0v) is 11.7. The third-order valence-corrected chi connectivity index (χ3v) is 3.89. The minimum Gasteiger partial charge on any atom is -0.461 e. The Labute approximate surface area is 125 Å². The molecule has 1 aromatic carbocycles. The fourth-order valence-electron chi connectivity index (χ4n) is 1.85. The SMILES string of the molecule is N#Cc1ccccc1CSc1nnc(-c2ccco2)n1N. The maximum absolute atomic E-state index is 9.07. The lowest BCUT2D eigenvalue weighted by atomic mass is 10.1. The number of nitrogens with two attached hydrogens (primary N) is 1. The van der Waals surface area contributed by atoms with Crippen LogP contribution in [0.5, 0.6) is 0 Å². The van der Waals surface area contributed by atoms with Crippen molar-refractivity contribution in [1.82, 2.24) is 14.9 Å². The Morgan fingerprint density at radius 3 is 2.86 bits per heavy atom. The van der Waals surface area contributed by atoms with Crippen molar-refractivity contribution in [2.45, 2.75) is 10.9 Å². The Balaban J connectivity index is 1.79. The molecule has 0 saturated carbocycles. The third kappa shape index (κ3) is 2.61. The van der Waals surface area contributed by atoms with E-state index in [1.54, 1.807) is 24.5 Å². The van der Waals surface area contributed by atoms with E-state index in [2.05, 4.69) is 16.3 Å². The lowest BCUT2D eigenvalue weighted by molar-refractivity contribution is 0.574. The lowest BCUT2D eigenvalue weighted by Gasteiger charge is -2.03. The topological polar surface area (TPSA) is 93.7 Å². The van der Waals surface area contributed by atoms with Gasteiger partial charge in [0.25, 0.3) is 0 Å². The van der Waals surface area contributed by atoms with Gasteiger partial charge in [0, 0.05) is 5.75 Å². The summed E-state index contributed by atoms with van der Waals surface area (Å²) in [5.41, 5.74) is 1.59. The fourth-order valence-corrected chi connectivity index (χ4v) is 2.71. The van der Waals surface area contributed by atoms with Crippen molar-refractivity contribution in [3.63, 3.8) is 0 Å². The van der Waals surface area contributed by atoms with Gasteiger partial charge < -0.3 is 10.3 Å². The van der Waals surface area contributed by atoms with E-state index in [0.717, 1.165) is 5.56 Å². The van der Waals surface area contributed by atoms with Crippen molar-refractivity contribution in [1.29, 1.82) is 5.26 Å². The molecule has 0 atom stereocenters. The number of hydrogen-bond donors (Lipinski definition) is 1. The highest BCUT2D eigenvalue weighted by Gasteiger charge is 2.14. The first-order valence-corrected chi connectivity index (χ1v) is 7.13. The van der Waals surface area contributed by atoms with Gasteiger partial charge in [0.1, 0.15) is 0 Å². The van der Waals surface area contributed by atoms with Crippen molar-refractivity contribution >= 4 is 11.8 Å². The first-order chi connectivity index (χ1) is 10.3. The summed E-state index contributed by atoms with van der Waals surface area (Å²) in [6, 6.07) is 13.1. The molecule has 2 heterocycles. The highest BCUT2D eigenvalue weighted by atomic mass is 32.2. The van der Waals surface area contributed by atoms with Gasteiger partial charge >= 0.3 is 0 Å². The van der Waals surface area contributed by atoms with E-state index in [9.17, 15) is 0 Å². The zero-order chi connectivity index (χ0) is 14.7. The number of nitrogens with zero attached hydrogens (tertiary/aromatic N) is 4. The van der Waals surface area contributed by atoms with E-state index >= 15 is 0 Å². The summed E-state index contributed by atoms with van der Waals surface area (Å²) >= 11 is 1.42. The minimum atomic E-state index is 0.469. The first kappa shape index (κ1) is 13.3. The van der Waals surface area contributed by atoms with Crippen LogP contribution in [0.25, 0.3) is 11.6 Å². The molecule has 0 unspecified atom stereocenters. The molecule has 0 fully saturated rings. The molecule has 0 spiro atoms. The van der Waals surface area contributed by atoms with E-state index in [0.29, 0.717) is 28.1 Å². The molecule has 3 aromatic rings. The van der Waals surface area contributed by atoms with Gasteiger partial charge in [-0.2, -0.15) is 5.26 Å². The Hall–Kier alpha value is -2.72. The predicted octanol–water partition coefficient (Wildman–Crippen LogP) is 2.42. The summed E-state index contributed by atoms with van der Waals surface area (Å²) in [6.07, 6.45) is 1.56. The average molecular weight is 297 g/mol. The number of aromatic nitrogens is 3. The van der Waals surface area contributed by atoms with E-state index in [1.165, 1.54) is 16.4 Å². The molecule has 0 saturated heterocycles. The van der Waals surface area contributed by atoms with Crippen LogP contribution in [0, 0.1) is 11.3 Å². The Morgan fingerprint density at radius 1 is 1.24 bits per heavy atom. The molecule has 0 amide bonds. The van der Waals surface area contributed by atoms with Gasteiger partial charge in [-0.3, -0.25) is 0 Å². The fraction of sp³-hybridized carbons (Fsp3) is 0.0714. The first-order valence-electron chi connectivity index (χ1n) is 6.15. The second-order valence-corrected chi connectivity index (χ2v) is 5.15. The molecule has 2 N–H and O–H groups in total. The van der Waals surface area contributed by atoms with Gasteiger partial charge in [0.2, 0.25) is 11.0 Å². The Bertz CT molecular complexity index is 788. The van der Waals surface area contributed by atoms with Crippen molar-refractivity contribution in [3.8, 4) is 17.7 Å².